The molecule has 3 aromatic rings. The molecule has 0 atom stereocenters. The molecule has 0 unspecified atom stereocenters. The van der Waals surface area contributed by atoms with Gasteiger partial charge in [-0.25, -0.2) is 0 Å². The fraction of sp³-hybridized carbons (Fsp3) is 0.0588. The van der Waals surface area contributed by atoms with Gasteiger partial charge in [0.2, 0.25) is 6.29 Å². The molecular formula is C17H14NO+. The van der Waals surface area contributed by atoms with E-state index >= 15 is 0 Å². The number of carbonyl (C=O) groups excluding carboxylic acids is 1. The van der Waals surface area contributed by atoms with Gasteiger partial charge in [-0.05, 0) is 11.5 Å². The normalized spacial score (nSPS) is 10.5. The molecule has 19 heavy (non-hydrogen) atoms. The number of fused-ring (bicyclic) bond motifs is 1. The van der Waals surface area contributed by atoms with Crippen LogP contribution in [0, 0.1) is 0 Å². The molecule has 1 heterocycles. The van der Waals surface area contributed by atoms with Gasteiger partial charge in [0.25, 0.3) is 5.69 Å². The van der Waals surface area contributed by atoms with Gasteiger partial charge >= 0.3 is 0 Å². The number of aromatic nitrogens is 1. The van der Waals surface area contributed by atoms with Gasteiger partial charge in [0.1, 0.15) is 0 Å². The maximum absolute atomic E-state index is 11.4. The van der Waals surface area contributed by atoms with Crippen LogP contribution in [0.4, 0.5) is 0 Å². The third-order valence-electron chi connectivity index (χ3n) is 3.29. The van der Waals surface area contributed by atoms with Gasteiger partial charge in [0.15, 0.2) is 12.7 Å². The highest BCUT2D eigenvalue weighted by Gasteiger charge is 2.14. The molecule has 2 aromatic carbocycles. The number of carbonyl (C=O) groups is 1. The Hall–Kier alpha value is -2.48. The summed E-state index contributed by atoms with van der Waals surface area (Å²) in [4.78, 5) is 11.4. The molecule has 0 saturated carbocycles. The summed E-state index contributed by atoms with van der Waals surface area (Å²) < 4.78 is 1.99. The third kappa shape index (κ3) is 2.25. The highest BCUT2D eigenvalue weighted by atomic mass is 16.1. The Bertz CT molecular complexity index is 720. The van der Waals surface area contributed by atoms with E-state index < -0.39 is 0 Å². The quantitative estimate of drug-likeness (QED) is 0.515. The van der Waals surface area contributed by atoms with Crippen molar-refractivity contribution in [3.05, 3.63) is 78.1 Å². The first-order valence-electron chi connectivity index (χ1n) is 6.29. The number of hydrogen-bond donors (Lipinski definition) is 0. The van der Waals surface area contributed by atoms with Crippen molar-refractivity contribution in [1.82, 2.24) is 0 Å². The summed E-state index contributed by atoms with van der Waals surface area (Å²) in [5.74, 6) is 0. The SMILES string of the molecule is O=Cc1c2ccccc2cc[n+]1Cc1ccccc1. The Morgan fingerprint density at radius 3 is 2.42 bits per heavy atom. The van der Waals surface area contributed by atoms with E-state index in [4.69, 9.17) is 0 Å². The second-order valence-electron chi connectivity index (χ2n) is 4.52. The van der Waals surface area contributed by atoms with Crippen LogP contribution in [0.25, 0.3) is 10.8 Å². The van der Waals surface area contributed by atoms with Crippen molar-refractivity contribution in [2.45, 2.75) is 6.54 Å². The third-order valence-corrected chi connectivity index (χ3v) is 3.29. The van der Waals surface area contributed by atoms with Crippen molar-refractivity contribution in [2.75, 3.05) is 0 Å². The molecule has 0 aliphatic heterocycles. The lowest BCUT2D eigenvalue weighted by Crippen LogP contribution is -2.38. The molecule has 0 aliphatic carbocycles. The topological polar surface area (TPSA) is 20.9 Å². The number of pyridine rings is 1. The van der Waals surface area contributed by atoms with E-state index in [1.807, 2.05) is 59.3 Å². The van der Waals surface area contributed by atoms with Crippen molar-refractivity contribution in [3.8, 4) is 0 Å². The summed E-state index contributed by atoms with van der Waals surface area (Å²) >= 11 is 0. The van der Waals surface area contributed by atoms with Crippen LogP contribution in [-0.2, 0) is 6.54 Å². The zero-order valence-corrected chi connectivity index (χ0v) is 10.5. The molecule has 2 nitrogen and oxygen atoms in total. The molecule has 2 heteroatoms. The molecule has 3 rings (SSSR count). The van der Waals surface area contributed by atoms with Gasteiger partial charge in [-0.1, -0.05) is 48.5 Å². The lowest BCUT2D eigenvalue weighted by atomic mass is 10.1. The minimum absolute atomic E-state index is 0.708. The largest absolute Gasteiger partial charge is 0.291 e. The van der Waals surface area contributed by atoms with Crippen LogP contribution < -0.4 is 4.57 Å². The van der Waals surface area contributed by atoms with Gasteiger partial charge < -0.3 is 0 Å². The highest BCUT2D eigenvalue weighted by Crippen LogP contribution is 2.14. The predicted octanol–water partition coefficient (Wildman–Crippen LogP) is 2.99. The second kappa shape index (κ2) is 5.02. The van der Waals surface area contributed by atoms with Crippen LogP contribution in [0.5, 0.6) is 0 Å². The lowest BCUT2D eigenvalue weighted by molar-refractivity contribution is -0.688. The highest BCUT2D eigenvalue weighted by molar-refractivity contribution is 5.94. The van der Waals surface area contributed by atoms with E-state index in [0.29, 0.717) is 6.54 Å². The summed E-state index contributed by atoms with van der Waals surface area (Å²) in [6.45, 7) is 0.708. The molecule has 0 amide bonds. The zero-order chi connectivity index (χ0) is 13.1. The molecule has 0 saturated heterocycles. The van der Waals surface area contributed by atoms with Crippen molar-refractivity contribution in [1.29, 1.82) is 0 Å². The van der Waals surface area contributed by atoms with E-state index in [2.05, 4.69) is 12.1 Å². The maximum atomic E-state index is 11.4. The second-order valence-corrected chi connectivity index (χ2v) is 4.52. The number of nitrogens with zero attached hydrogens (tertiary/aromatic N) is 1. The fourth-order valence-corrected chi connectivity index (χ4v) is 2.33. The summed E-state index contributed by atoms with van der Waals surface area (Å²) in [6, 6.07) is 20.2. The summed E-state index contributed by atoms with van der Waals surface area (Å²) in [7, 11) is 0. The standard InChI is InChI=1S/C17H14NO/c19-13-17-16-9-5-4-8-15(16)10-11-18(17)12-14-6-2-1-3-7-14/h1-11,13H,12H2/q+1. The van der Waals surface area contributed by atoms with E-state index in [-0.39, 0.29) is 0 Å². The van der Waals surface area contributed by atoms with Crippen LogP contribution >= 0.6 is 0 Å². The number of rotatable bonds is 3. The molecule has 1 aromatic heterocycles. The van der Waals surface area contributed by atoms with E-state index in [9.17, 15) is 4.79 Å². The van der Waals surface area contributed by atoms with Crippen molar-refractivity contribution in [2.24, 2.45) is 0 Å². The first-order valence-corrected chi connectivity index (χ1v) is 6.29. The Morgan fingerprint density at radius 1 is 0.895 bits per heavy atom. The summed E-state index contributed by atoms with van der Waals surface area (Å²) in [5.41, 5.74) is 1.91. The Balaban J connectivity index is 2.11. The van der Waals surface area contributed by atoms with Crippen molar-refractivity contribution in [3.63, 3.8) is 0 Å². The van der Waals surface area contributed by atoms with E-state index in [1.54, 1.807) is 0 Å². The minimum atomic E-state index is 0.708. The van der Waals surface area contributed by atoms with Crippen LogP contribution in [0.15, 0.2) is 66.9 Å². The minimum Gasteiger partial charge on any atom is -0.291 e. The molecule has 0 aliphatic rings. The Kier molecular flexibility index (Phi) is 3.07. The number of hydrogen-bond acceptors (Lipinski definition) is 1. The van der Waals surface area contributed by atoms with Gasteiger partial charge in [-0.15, -0.1) is 0 Å². The van der Waals surface area contributed by atoms with Crippen LogP contribution in [0.3, 0.4) is 0 Å². The average molecular weight is 248 g/mol. The molecule has 0 N–H and O–H groups in total. The maximum Gasteiger partial charge on any atom is 0.253 e. The summed E-state index contributed by atoms with van der Waals surface area (Å²) in [5, 5.41) is 2.09. The fourth-order valence-electron chi connectivity index (χ4n) is 2.33. The number of aldehydes is 1. The molecular weight excluding hydrogens is 234 g/mol. The lowest BCUT2D eigenvalue weighted by Gasteiger charge is -2.03. The van der Waals surface area contributed by atoms with E-state index in [0.717, 1.165) is 22.8 Å². The molecule has 92 valence electrons. The first kappa shape index (κ1) is 11.6. The van der Waals surface area contributed by atoms with Gasteiger partial charge in [-0.2, -0.15) is 4.57 Å². The first-order chi connectivity index (χ1) is 9.38. The molecule has 0 fully saturated rings. The van der Waals surface area contributed by atoms with Crippen LogP contribution in [0.1, 0.15) is 16.1 Å². The monoisotopic (exact) mass is 248 g/mol. The van der Waals surface area contributed by atoms with Gasteiger partial charge in [-0.3, -0.25) is 4.79 Å². The van der Waals surface area contributed by atoms with Crippen molar-refractivity contribution >= 4 is 17.1 Å². The predicted molar refractivity (Wildman–Crippen MR) is 75.1 cm³/mol. The molecule has 0 bridgehead atoms. The molecule has 0 radical (unpaired) electrons. The average Bonchev–Trinajstić information content (AvgIpc) is 2.48. The van der Waals surface area contributed by atoms with Crippen LogP contribution in [0.2, 0.25) is 0 Å². The smallest absolute Gasteiger partial charge is 0.253 e. The van der Waals surface area contributed by atoms with Crippen LogP contribution in [-0.4, -0.2) is 6.29 Å². The van der Waals surface area contributed by atoms with E-state index in [1.165, 1.54) is 5.56 Å². The summed E-state index contributed by atoms with van der Waals surface area (Å²) in [6.07, 6.45) is 2.91. The Morgan fingerprint density at radius 2 is 1.63 bits per heavy atom. The molecule has 0 spiro atoms. The number of benzene rings is 2. The zero-order valence-electron chi connectivity index (χ0n) is 10.5. The van der Waals surface area contributed by atoms with Gasteiger partial charge in [0.05, 0.1) is 5.39 Å². The van der Waals surface area contributed by atoms with Crippen molar-refractivity contribution < 1.29 is 9.36 Å². The Labute approximate surface area is 111 Å². The van der Waals surface area contributed by atoms with Gasteiger partial charge in [0, 0.05) is 11.6 Å².